The summed E-state index contributed by atoms with van der Waals surface area (Å²) < 4.78 is 0. The minimum Gasteiger partial charge on any atom is -0.480 e. The van der Waals surface area contributed by atoms with Crippen LogP contribution in [0.1, 0.15) is 52.4 Å². The molecule has 0 aliphatic carbocycles. The highest BCUT2D eigenvalue weighted by Crippen LogP contribution is 2.22. The quantitative estimate of drug-likeness (QED) is 0.283. The first-order chi connectivity index (χ1) is 12.7. The first-order valence-corrected chi connectivity index (χ1v) is 10.1. The molecule has 0 aromatic rings. The normalized spacial score (nSPS) is 20.1. The Labute approximate surface area is 162 Å². The van der Waals surface area contributed by atoms with Crippen molar-refractivity contribution in [2.75, 3.05) is 32.7 Å². The zero-order valence-electron chi connectivity index (χ0n) is 16.8. The van der Waals surface area contributed by atoms with Gasteiger partial charge in [0, 0.05) is 26.2 Å². The van der Waals surface area contributed by atoms with Gasteiger partial charge in [-0.3, -0.25) is 9.59 Å². The third-order valence-corrected chi connectivity index (χ3v) is 5.57. The SMILES string of the molecule is CCN(CC)C(=O)C1CCCN(CC[C@](N)(CCCCB(O)O)C(=O)O)C1. The molecular formula is C18H36BN3O5. The molecule has 0 bridgehead atoms. The summed E-state index contributed by atoms with van der Waals surface area (Å²) in [6, 6.07) is 0. The van der Waals surface area contributed by atoms with Crippen molar-refractivity contribution in [3.63, 3.8) is 0 Å². The van der Waals surface area contributed by atoms with Crippen LogP contribution in [0.5, 0.6) is 0 Å². The van der Waals surface area contributed by atoms with Crippen LogP contribution in [0.25, 0.3) is 0 Å². The second-order valence-corrected chi connectivity index (χ2v) is 7.59. The number of hydrogen-bond donors (Lipinski definition) is 4. The highest BCUT2D eigenvalue weighted by molar-refractivity contribution is 6.40. The van der Waals surface area contributed by atoms with Gasteiger partial charge in [-0.05, 0) is 52.4 Å². The maximum absolute atomic E-state index is 12.6. The summed E-state index contributed by atoms with van der Waals surface area (Å²) in [4.78, 5) is 28.2. The Morgan fingerprint density at radius 1 is 1.22 bits per heavy atom. The van der Waals surface area contributed by atoms with Gasteiger partial charge in [0.2, 0.25) is 5.91 Å². The third kappa shape index (κ3) is 7.77. The molecule has 1 amide bonds. The molecule has 1 saturated heterocycles. The Morgan fingerprint density at radius 2 is 1.89 bits per heavy atom. The molecular weight excluding hydrogens is 349 g/mol. The molecule has 156 valence electrons. The van der Waals surface area contributed by atoms with Crippen LogP contribution in [0.15, 0.2) is 0 Å². The molecule has 5 N–H and O–H groups in total. The molecule has 0 aromatic carbocycles. The maximum atomic E-state index is 12.6. The predicted molar refractivity (Wildman–Crippen MR) is 105 cm³/mol. The van der Waals surface area contributed by atoms with Gasteiger partial charge in [0.1, 0.15) is 5.54 Å². The van der Waals surface area contributed by atoms with Gasteiger partial charge in [-0.2, -0.15) is 0 Å². The summed E-state index contributed by atoms with van der Waals surface area (Å²) in [5.74, 6) is -0.869. The van der Waals surface area contributed by atoms with Gasteiger partial charge < -0.3 is 30.7 Å². The van der Waals surface area contributed by atoms with Crippen LogP contribution >= 0.6 is 0 Å². The fourth-order valence-corrected chi connectivity index (χ4v) is 3.72. The molecule has 1 fully saturated rings. The Hall–Kier alpha value is -1.16. The van der Waals surface area contributed by atoms with Crippen LogP contribution in [-0.2, 0) is 9.59 Å². The summed E-state index contributed by atoms with van der Waals surface area (Å²) in [6.45, 7) is 7.43. The number of nitrogens with two attached hydrogens (primary N) is 1. The lowest BCUT2D eigenvalue weighted by Gasteiger charge is -2.36. The van der Waals surface area contributed by atoms with Gasteiger partial charge in [-0.25, -0.2) is 0 Å². The first kappa shape index (κ1) is 23.9. The van der Waals surface area contributed by atoms with E-state index in [0.29, 0.717) is 51.9 Å². The van der Waals surface area contributed by atoms with E-state index in [9.17, 15) is 14.7 Å². The van der Waals surface area contributed by atoms with Gasteiger partial charge in [0.05, 0.1) is 5.92 Å². The molecule has 0 spiro atoms. The summed E-state index contributed by atoms with van der Waals surface area (Å²) >= 11 is 0. The number of rotatable bonds is 12. The number of hydrogen-bond acceptors (Lipinski definition) is 6. The van der Waals surface area contributed by atoms with Crippen molar-refractivity contribution >= 4 is 19.0 Å². The second kappa shape index (κ2) is 11.6. The van der Waals surface area contributed by atoms with Gasteiger partial charge in [0.15, 0.2) is 0 Å². The molecule has 1 unspecified atom stereocenters. The molecule has 1 heterocycles. The molecule has 9 heteroatoms. The predicted octanol–water partition coefficient (Wildman–Crippen LogP) is 0.382. The maximum Gasteiger partial charge on any atom is 0.451 e. The van der Waals surface area contributed by atoms with Gasteiger partial charge in [-0.1, -0.05) is 12.8 Å². The van der Waals surface area contributed by atoms with Gasteiger partial charge in [0.25, 0.3) is 0 Å². The molecule has 8 nitrogen and oxygen atoms in total. The van der Waals surface area contributed by atoms with Crippen LogP contribution in [0.2, 0.25) is 6.32 Å². The summed E-state index contributed by atoms with van der Waals surface area (Å²) in [6.07, 6.45) is 3.69. The van der Waals surface area contributed by atoms with E-state index in [4.69, 9.17) is 15.8 Å². The molecule has 0 radical (unpaired) electrons. The fourth-order valence-electron chi connectivity index (χ4n) is 3.72. The molecule has 1 aliphatic heterocycles. The summed E-state index contributed by atoms with van der Waals surface area (Å²) in [5.41, 5.74) is 4.81. The summed E-state index contributed by atoms with van der Waals surface area (Å²) in [7, 11) is -1.37. The number of carboxylic acid groups (broad SMARTS) is 1. The van der Waals surface area contributed by atoms with Crippen molar-refractivity contribution in [1.82, 2.24) is 9.80 Å². The van der Waals surface area contributed by atoms with Crippen molar-refractivity contribution in [2.24, 2.45) is 11.7 Å². The van der Waals surface area contributed by atoms with Crippen molar-refractivity contribution in [3.8, 4) is 0 Å². The molecule has 27 heavy (non-hydrogen) atoms. The summed E-state index contributed by atoms with van der Waals surface area (Å²) in [5, 5.41) is 27.3. The number of carbonyl (C=O) groups is 2. The Bertz CT molecular complexity index is 476. The third-order valence-electron chi connectivity index (χ3n) is 5.57. The van der Waals surface area contributed by atoms with E-state index >= 15 is 0 Å². The Morgan fingerprint density at radius 3 is 2.44 bits per heavy atom. The number of unbranched alkanes of at least 4 members (excludes halogenated alkanes) is 1. The fraction of sp³-hybridized carbons (Fsp3) is 0.889. The first-order valence-electron chi connectivity index (χ1n) is 10.1. The molecule has 0 aromatic heterocycles. The van der Waals surface area contributed by atoms with Crippen molar-refractivity contribution in [1.29, 1.82) is 0 Å². The van der Waals surface area contributed by atoms with Crippen LogP contribution in [0, 0.1) is 5.92 Å². The monoisotopic (exact) mass is 385 g/mol. The lowest BCUT2D eigenvalue weighted by atomic mass is 9.81. The van der Waals surface area contributed by atoms with E-state index < -0.39 is 18.6 Å². The average Bonchev–Trinajstić information content (AvgIpc) is 2.64. The highest BCUT2D eigenvalue weighted by atomic mass is 16.4. The molecule has 1 aliphatic rings. The molecule has 2 atom stereocenters. The number of carboxylic acids is 1. The lowest BCUT2D eigenvalue weighted by Crippen LogP contribution is -2.51. The number of amides is 1. The number of carbonyl (C=O) groups excluding carboxylic acids is 1. The molecule has 1 rings (SSSR count). The van der Waals surface area contributed by atoms with E-state index in [1.807, 2.05) is 18.7 Å². The topological polar surface area (TPSA) is 127 Å². The number of likely N-dealkylation sites (tertiary alicyclic amines) is 1. The number of piperidine rings is 1. The minimum absolute atomic E-state index is 0.0262. The zero-order valence-corrected chi connectivity index (χ0v) is 16.8. The van der Waals surface area contributed by atoms with Crippen molar-refractivity contribution in [3.05, 3.63) is 0 Å². The van der Waals surface area contributed by atoms with Gasteiger partial charge in [-0.15, -0.1) is 0 Å². The standard InChI is InChI=1S/C18H36BN3O5/c1-3-22(4-2)16(23)15-8-7-12-21(14-15)13-10-18(20,17(24)25)9-5-6-11-19(26)27/h15,26-27H,3-14,20H2,1-2H3,(H,24,25)/t15?,18-/m1/s1. The highest BCUT2D eigenvalue weighted by Gasteiger charge is 2.35. The van der Waals surface area contributed by atoms with Crippen molar-refractivity contribution < 1.29 is 24.7 Å². The number of aliphatic carboxylic acids is 1. The van der Waals surface area contributed by atoms with Crippen LogP contribution in [-0.4, -0.2) is 82.2 Å². The van der Waals surface area contributed by atoms with E-state index in [0.717, 1.165) is 19.4 Å². The zero-order chi connectivity index (χ0) is 20.4. The smallest absolute Gasteiger partial charge is 0.451 e. The van der Waals surface area contributed by atoms with Crippen LogP contribution in [0.3, 0.4) is 0 Å². The van der Waals surface area contributed by atoms with E-state index in [1.165, 1.54) is 0 Å². The van der Waals surface area contributed by atoms with E-state index in [1.54, 1.807) is 0 Å². The minimum atomic E-state index is -1.37. The van der Waals surface area contributed by atoms with Crippen LogP contribution in [0.4, 0.5) is 0 Å². The Balaban J connectivity index is 2.54. The van der Waals surface area contributed by atoms with E-state index in [2.05, 4.69) is 4.90 Å². The van der Waals surface area contributed by atoms with E-state index in [-0.39, 0.29) is 18.1 Å². The average molecular weight is 385 g/mol. The van der Waals surface area contributed by atoms with Gasteiger partial charge >= 0.3 is 13.1 Å². The van der Waals surface area contributed by atoms with Crippen molar-refractivity contribution in [2.45, 2.75) is 64.2 Å². The second-order valence-electron chi connectivity index (χ2n) is 7.59. The largest absolute Gasteiger partial charge is 0.480 e. The van der Waals surface area contributed by atoms with Crippen LogP contribution < -0.4 is 5.73 Å². The molecule has 0 saturated carbocycles. The Kier molecular flexibility index (Phi) is 10.3. The number of nitrogens with zero attached hydrogens (tertiary/aromatic N) is 2. The lowest BCUT2D eigenvalue weighted by molar-refractivity contribution is -0.144.